The van der Waals surface area contributed by atoms with Gasteiger partial charge in [0.2, 0.25) is 0 Å². The van der Waals surface area contributed by atoms with Crippen LogP contribution in [0.15, 0.2) is 77.0 Å². The van der Waals surface area contributed by atoms with Crippen molar-refractivity contribution >= 4 is 33.0 Å². The van der Waals surface area contributed by atoms with Gasteiger partial charge in [0.15, 0.2) is 0 Å². The molecule has 1 N–H and O–H groups in total. The molecule has 1 saturated heterocycles. The molecule has 0 bridgehead atoms. The van der Waals surface area contributed by atoms with Gasteiger partial charge in [0.05, 0.1) is 10.9 Å². The van der Waals surface area contributed by atoms with Gasteiger partial charge in [0.25, 0.3) is 15.9 Å². The van der Waals surface area contributed by atoms with Crippen molar-refractivity contribution in [3.05, 3.63) is 82.6 Å². The first-order chi connectivity index (χ1) is 13.5. The van der Waals surface area contributed by atoms with Gasteiger partial charge in [-0.3, -0.25) is 9.52 Å². The standard InChI is InChI=1S/C21H20N2O3S2/c24-21(23-13-5-11-19(23)20-12-6-14-27-20)16-7-4-8-17(15-16)22-28(25,26)18-9-2-1-3-10-18/h1-4,6-10,12,14-15,19,22H,5,11,13H2/t19-/m0/s1. The zero-order valence-corrected chi connectivity index (χ0v) is 16.7. The molecule has 1 aromatic heterocycles. The van der Waals surface area contributed by atoms with Crippen molar-refractivity contribution in [3.8, 4) is 0 Å². The van der Waals surface area contributed by atoms with Crippen LogP contribution in [0.3, 0.4) is 0 Å². The van der Waals surface area contributed by atoms with Gasteiger partial charge in [-0.2, -0.15) is 0 Å². The topological polar surface area (TPSA) is 66.5 Å². The van der Waals surface area contributed by atoms with Crippen molar-refractivity contribution in [2.75, 3.05) is 11.3 Å². The molecule has 1 fully saturated rings. The predicted molar refractivity (Wildman–Crippen MR) is 111 cm³/mol. The van der Waals surface area contributed by atoms with Crippen molar-refractivity contribution in [1.82, 2.24) is 4.90 Å². The van der Waals surface area contributed by atoms with E-state index in [0.717, 1.165) is 12.8 Å². The first-order valence-corrected chi connectivity index (χ1v) is 11.4. The van der Waals surface area contributed by atoms with E-state index in [1.807, 2.05) is 16.3 Å². The van der Waals surface area contributed by atoms with E-state index in [0.29, 0.717) is 17.8 Å². The van der Waals surface area contributed by atoms with Crippen LogP contribution in [-0.2, 0) is 10.0 Å². The summed E-state index contributed by atoms with van der Waals surface area (Å²) in [5.41, 5.74) is 0.860. The van der Waals surface area contributed by atoms with E-state index in [1.165, 1.54) is 17.0 Å². The van der Waals surface area contributed by atoms with Crippen molar-refractivity contribution in [1.29, 1.82) is 0 Å². The Labute approximate surface area is 168 Å². The SMILES string of the molecule is O=C(c1cccc(NS(=O)(=O)c2ccccc2)c1)N1CCC[C@H]1c1cccs1. The van der Waals surface area contributed by atoms with Crippen molar-refractivity contribution in [2.24, 2.45) is 0 Å². The van der Waals surface area contributed by atoms with E-state index < -0.39 is 10.0 Å². The number of likely N-dealkylation sites (tertiary alicyclic amines) is 1. The molecule has 28 heavy (non-hydrogen) atoms. The first-order valence-electron chi connectivity index (χ1n) is 9.07. The maximum Gasteiger partial charge on any atom is 0.261 e. The molecule has 0 radical (unpaired) electrons. The highest BCUT2D eigenvalue weighted by atomic mass is 32.2. The summed E-state index contributed by atoms with van der Waals surface area (Å²) in [6, 6.07) is 19.0. The lowest BCUT2D eigenvalue weighted by molar-refractivity contribution is 0.0738. The molecule has 2 aromatic carbocycles. The van der Waals surface area contributed by atoms with Gasteiger partial charge < -0.3 is 4.90 Å². The van der Waals surface area contributed by atoms with Gasteiger partial charge in [-0.25, -0.2) is 8.42 Å². The third-order valence-corrected chi connectivity index (χ3v) is 7.17. The number of rotatable bonds is 5. The molecular weight excluding hydrogens is 392 g/mol. The number of hydrogen-bond acceptors (Lipinski definition) is 4. The largest absolute Gasteiger partial charge is 0.331 e. The molecule has 1 amide bonds. The van der Waals surface area contributed by atoms with Crippen molar-refractivity contribution in [3.63, 3.8) is 0 Å². The highest BCUT2D eigenvalue weighted by Crippen LogP contribution is 2.35. The lowest BCUT2D eigenvalue weighted by Crippen LogP contribution is -2.30. The molecule has 1 atom stereocenters. The molecule has 1 aliphatic rings. The van der Waals surface area contributed by atoms with E-state index in [4.69, 9.17) is 0 Å². The highest BCUT2D eigenvalue weighted by Gasteiger charge is 2.31. The zero-order valence-electron chi connectivity index (χ0n) is 15.1. The summed E-state index contributed by atoms with van der Waals surface area (Å²) in [4.78, 5) is 16.4. The summed E-state index contributed by atoms with van der Waals surface area (Å²) in [5, 5.41) is 2.02. The highest BCUT2D eigenvalue weighted by molar-refractivity contribution is 7.92. The Bertz CT molecular complexity index is 1060. The minimum Gasteiger partial charge on any atom is -0.331 e. The summed E-state index contributed by atoms with van der Waals surface area (Å²) < 4.78 is 27.6. The number of amides is 1. The molecule has 7 heteroatoms. The normalized spacial score (nSPS) is 16.9. The Morgan fingerprint density at radius 3 is 2.61 bits per heavy atom. The number of carbonyl (C=O) groups is 1. The van der Waals surface area contributed by atoms with Crippen LogP contribution in [0.25, 0.3) is 0 Å². The number of benzene rings is 2. The molecule has 5 nitrogen and oxygen atoms in total. The van der Waals surface area contributed by atoms with Gasteiger partial charge in [0, 0.05) is 22.7 Å². The van der Waals surface area contributed by atoms with E-state index in [1.54, 1.807) is 53.8 Å². The number of sulfonamides is 1. The summed E-state index contributed by atoms with van der Waals surface area (Å²) in [7, 11) is -3.69. The molecule has 0 aliphatic carbocycles. The fraction of sp³-hybridized carbons (Fsp3) is 0.190. The number of nitrogens with zero attached hydrogens (tertiary/aromatic N) is 1. The van der Waals surface area contributed by atoms with Gasteiger partial charge in [-0.05, 0) is 54.6 Å². The molecule has 0 saturated carbocycles. The van der Waals surface area contributed by atoms with Crippen LogP contribution < -0.4 is 4.72 Å². The molecule has 144 valence electrons. The minimum atomic E-state index is -3.69. The van der Waals surface area contributed by atoms with Crippen LogP contribution in [-0.4, -0.2) is 25.8 Å². The number of nitrogens with one attached hydrogen (secondary N) is 1. The minimum absolute atomic E-state index is 0.0725. The van der Waals surface area contributed by atoms with Gasteiger partial charge >= 0.3 is 0 Å². The maximum atomic E-state index is 13.1. The third-order valence-electron chi connectivity index (χ3n) is 4.80. The Morgan fingerprint density at radius 2 is 1.86 bits per heavy atom. The first kappa shape index (κ1) is 18.7. The van der Waals surface area contributed by atoms with Gasteiger partial charge in [0.1, 0.15) is 0 Å². The van der Waals surface area contributed by atoms with Crippen molar-refractivity contribution in [2.45, 2.75) is 23.8 Å². The second kappa shape index (κ2) is 7.77. The second-order valence-corrected chi connectivity index (χ2v) is 9.33. The molecule has 0 unspecified atom stereocenters. The summed E-state index contributed by atoms with van der Waals surface area (Å²) >= 11 is 1.66. The van der Waals surface area contributed by atoms with Crippen LogP contribution in [0.5, 0.6) is 0 Å². The molecule has 3 aromatic rings. The second-order valence-electron chi connectivity index (χ2n) is 6.67. The smallest absolute Gasteiger partial charge is 0.261 e. The molecule has 2 heterocycles. The molecule has 4 rings (SSSR count). The quantitative estimate of drug-likeness (QED) is 0.670. The van der Waals surface area contributed by atoms with E-state index in [-0.39, 0.29) is 16.8 Å². The van der Waals surface area contributed by atoms with E-state index >= 15 is 0 Å². The van der Waals surface area contributed by atoms with Crippen LogP contribution in [0.2, 0.25) is 0 Å². The summed E-state index contributed by atoms with van der Waals surface area (Å²) in [6.07, 6.45) is 1.92. The van der Waals surface area contributed by atoms with Gasteiger partial charge in [-0.15, -0.1) is 11.3 Å². The Hall–Kier alpha value is -2.64. The Morgan fingerprint density at radius 1 is 1.04 bits per heavy atom. The zero-order chi connectivity index (χ0) is 19.6. The molecule has 1 aliphatic heterocycles. The molecular formula is C21H20N2O3S2. The maximum absolute atomic E-state index is 13.1. The number of carbonyl (C=O) groups excluding carboxylic acids is 1. The Kier molecular flexibility index (Phi) is 5.19. The van der Waals surface area contributed by atoms with Gasteiger partial charge in [-0.1, -0.05) is 30.3 Å². The fourth-order valence-electron chi connectivity index (χ4n) is 3.48. The average Bonchev–Trinajstić information content (AvgIpc) is 3.39. The number of thiophene rings is 1. The van der Waals surface area contributed by atoms with Crippen LogP contribution in [0.4, 0.5) is 5.69 Å². The van der Waals surface area contributed by atoms with Crippen LogP contribution in [0, 0.1) is 0 Å². The monoisotopic (exact) mass is 412 g/mol. The predicted octanol–water partition coefficient (Wildman–Crippen LogP) is 4.53. The Balaban J connectivity index is 1.56. The summed E-state index contributed by atoms with van der Waals surface area (Å²) in [5.74, 6) is -0.0725. The fourth-order valence-corrected chi connectivity index (χ4v) is 5.43. The molecule has 0 spiro atoms. The van der Waals surface area contributed by atoms with Crippen molar-refractivity contribution < 1.29 is 13.2 Å². The number of hydrogen-bond donors (Lipinski definition) is 1. The lowest BCUT2D eigenvalue weighted by Gasteiger charge is -2.24. The van der Waals surface area contributed by atoms with E-state index in [2.05, 4.69) is 10.8 Å². The van der Waals surface area contributed by atoms with E-state index in [9.17, 15) is 13.2 Å². The number of anilines is 1. The average molecular weight is 413 g/mol. The summed E-state index contributed by atoms with van der Waals surface area (Å²) in [6.45, 7) is 0.710. The van der Waals surface area contributed by atoms with Crippen LogP contribution >= 0.6 is 11.3 Å². The van der Waals surface area contributed by atoms with Crippen LogP contribution in [0.1, 0.15) is 34.1 Å². The third kappa shape index (κ3) is 3.81. The lowest BCUT2D eigenvalue weighted by atomic mass is 10.1.